The number of benzene rings is 2. The van der Waals surface area contributed by atoms with Gasteiger partial charge in [-0.1, -0.05) is 36.2 Å². The Morgan fingerprint density at radius 1 is 1.21 bits per heavy atom. The van der Waals surface area contributed by atoms with Crippen LogP contribution in [-0.4, -0.2) is 16.1 Å². The van der Waals surface area contributed by atoms with Crippen molar-refractivity contribution in [1.82, 2.24) is 14.9 Å². The van der Waals surface area contributed by atoms with Gasteiger partial charge in [0.05, 0.1) is 22.6 Å². The quantitative estimate of drug-likeness (QED) is 0.779. The fourth-order valence-electron chi connectivity index (χ4n) is 2.81. The van der Waals surface area contributed by atoms with Crippen LogP contribution < -0.4 is 10.9 Å². The van der Waals surface area contributed by atoms with E-state index in [9.17, 15) is 4.79 Å². The molecule has 5 heteroatoms. The molecule has 0 spiro atoms. The van der Waals surface area contributed by atoms with Crippen molar-refractivity contribution in [3.05, 3.63) is 69.2 Å². The number of fused-ring (bicyclic) bond motifs is 1. The Morgan fingerprint density at radius 3 is 2.58 bits per heavy atom. The fourth-order valence-corrected chi connectivity index (χ4v) is 2.97. The number of halogens is 1. The third-order valence-electron chi connectivity index (χ3n) is 4.05. The van der Waals surface area contributed by atoms with Crippen molar-refractivity contribution in [3.63, 3.8) is 0 Å². The van der Waals surface area contributed by atoms with Gasteiger partial charge in [-0.2, -0.15) is 0 Å². The maximum absolute atomic E-state index is 13.1. The zero-order chi connectivity index (χ0) is 17.3. The normalized spacial score (nSPS) is 12.5. The molecule has 0 saturated carbocycles. The molecule has 2 aromatic carbocycles. The number of nitrogens with zero attached hydrogens (tertiary/aromatic N) is 2. The van der Waals surface area contributed by atoms with Gasteiger partial charge in [-0.3, -0.25) is 9.36 Å². The Bertz CT molecular complexity index is 932. The van der Waals surface area contributed by atoms with Crippen molar-refractivity contribution in [3.8, 4) is 5.69 Å². The minimum absolute atomic E-state index is 0.0626. The second kappa shape index (κ2) is 6.75. The molecular weight excluding hydrogens is 322 g/mol. The first-order valence-corrected chi connectivity index (χ1v) is 8.41. The molecule has 3 rings (SSSR count). The molecule has 3 aromatic rings. The van der Waals surface area contributed by atoms with Crippen LogP contribution in [0.1, 0.15) is 31.3 Å². The molecular formula is C19H20ClN3O. The van der Waals surface area contributed by atoms with Gasteiger partial charge in [0.2, 0.25) is 0 Å². The average molecular weight is 342 g/mol. The van der Waals surface area contributed by atoms with Crippen LogP contribution in [0.4, 0.5) is 0 Å². The number of aryl methyl sites for hydroxylation is 1. The van der Waals surface area contributed by atoms with Crippen molar-refractivity contribution in [2.45, 2.75) is 26.8 Å². The highest BCUT2D eigenvalue weighted by molar-refractivity contribution is 6.31. The lowest BCUT2D eigenvalue weighted by Gasteiger charge is -2.19. The molecule has 1 aromatic heterocycles. The summed E-state index contributed by atoms with van der Waals surface area (Å²) in [7, 11) is 0. The Kier molecular flexibility index (Phi) is 4.69. The second-order valence-corrected chi connectivity index (χ2v) is 6.32. The van der Waals surface area contributed by atoms with Crippen LogP contribution in [0.3, 0.4) is 0 Å². The lowest BCUT2D eigenvalue weighted by atomic mass is 10.2. The van der Waals surface area contributed by atoms with Crippen molar-refractivity contribution >= 4 is 22.5 Å². The maximum atomic E-state index is 13.1. The summed E-state index contributed by atoms with van der Waals surface area (Å²) in [4.78, 5) is 17.8. The summed E-state index contributed by atoms with van der Waals surface area (Å²) in [6.45, 7) is 6.85. The summed E-state index contributed by atoms with van der Waals surface area (Å²) < 4.78 is 1.68. The van der Waals surface area contributed by atoms with E-state index in [-0.39, 0.29) is 11.6 Å². The fraction of sp³-hybridized carbons (Fsp3) is 0.263. The largest absolute Gasteiger partial charge is 0.308 e. The Labute approximate surface area is 146 Å². The van der Waals surface area contributed by atoms with Gasteiger partial charge in [0.25, 0.3) is 5.56 Å². The van der Waals surface area contributed by atoms with Crippen LogP contribution in [-0.2, 0) is 0 Å². The van der Waals surface area contributed by atoms with Crippen molar-refractivity contribution in [1.29, 1.82) is 0 Å². The minimum Gasteiger partial charge on any atom is -0.308 e. The highest BCUT2D eigenvalue weighted by atomic mass is 35.5. The van der Waals surface area contributed by atoms with E-state index in [4.69, 9.17) is 16.6 Å². The predicted octanol–water partition coefficient (Wildman–Crippen LogP) is 4.02. The lowest BCUT2D eigenvalue weighted by Crippen LogP contribution is -2.30. The zero-order valence-corrected chi connectivity index (χ0v) is 14.8. The van der Waals surface area contributed by atoms with Gasteiger partial charge >= 0.3 is 0 Å². The summed E-state index contributed by atoms with van der Waals surface area (Å²) in [6.07, 6.45) is 0. The number of nitrogens with one attached hydrogen (secondary N) is 1. The van der Waals surface area contributed by atoms with Crippen LogP contribution in [0, 0.1) is 6.92 Å². The van der Waals surface area contributed by atoms with Crippen LogP contribution in [0.2, 0.25) is 5.02 Å². The summed E-state index contributed by atoms with van der Waals surface area (Å²) in [5.41, 5.74) is 2.50. The van der Waals surface area contributed by atoms with Crippen LogP contribution in [0.5, 0.6) is 0 Å². The molecule has 0 aliphatic heterocycles. The number of hydrogen-bond acceptors (Lipinski definition) is 3. The van der Waals surface area contributed by atoms with E-state index < -0.39 is 0 Å². The Balaban J connectivity index is 2.33. The van der Waals surface area contributed by atoms with Gasteiger partial charge in [0, 0.05) is 5.02 Å². The van der Waals surface area contributed by atoms with Crippen LogP contribution in [0.25, 0.3) is 16.6 Å². The summed E-state index contributed by atoms with van der Waals surface area (Å²) in [5, 5.41) is 4.47. The topological polar surface area (TPSA) is 46.9 Å². The summed E-state index contributed by atoms with van der Waals surface area (Å²) in [6, 6.07) is 13.0. The van der Waals surface area contributed by atoms with E-state index >= 15 is 0 Å². The van der Waals surface area contributed by atoms with Gasteiger partial charge in [-0.25, -0.2) is 4.98 Å². The van der Waals surface area contributed by atoms with Crippen LogP contribution >= 0.6 is 11.6 Å². The summed E-state index contributed by atoms with van der Waals surface area (Å²) >= 11 is 6.07. The molecule has 0 aliphatic carbocycles. The molecule has 1 atom stereocenters. The molecule has 124 valence electrons. The molecule has 0 aliphatic rings. The van der Waals surface area contributed by atoms with E-state index in [0.29, 0.717) is 21.7 Å². The minimum atomic E-state index is -0.0831. The first-order valence-electron chi connectivity index (χ1n) is 8.04. The van der Waals surface area contributed by atoms with E-state index in [2.05, 4.69) is 5.32 Å². The number of hydrogen-bond donors (Lipinski definition) is 1. The van der Waals surface area contributed by atoms with Gasteiger partial charge in [-0.05, 0) is 50.7 Å². The standard InChI is InChI=1S/C19H20ClN3O/c1-4-21-13(3)18-22-17-11-14(20)7-10-16(17)19(24)23(18)15-8-5-12(2)6-9-15/h5-11,13,21H,4H2,1-3H3/t13-/m0/s1. The van der Waals surface area contributed by atoms with Crippen molar-refractivity contribution < 1.29 is 0 Å². The SMILES string of the molecule is CCN[C@@H](C)c1nc2cc(Cl)ccc2c(=O)n1-c1ccc(C)cc1. The lowest BCUT2D eigenvalue weighted by molar-refractivity contribution is 0.551. The van der Waals surface area contributed by atoms with Crippen LogP contribution in [0.15, 0.2) is 47.3 Å². The monoisotopic (exact) mass is 341 g/mol. The Hall–Kier alpha value is -2.17. The third-order valence-corrected chi connectivity index (χ3v) is 4.28. The van der Waals surface area contributed by atoms with E-state index in [1.165, 1.54) is 0 Å². The van der Waals surface area contributed by atoms with Crippen molar-refractivity contribution in [2.75, 3.05) is 6.54 Å². The molecule has 0 radical (unpaired) electrons. The molecule has 0 saturated heterocycles. The molecule has 1 N–H and O–H groups in total. The Morgan fingerprint density at radius 2 is 1.92 bits per heavy atom. The number of rotatable bonds is 4. The van der Waals surface area contributed by atoms with Gasteiger partial charge in [-0.15, -0.1) is 0 Å². The molecule has 24 heavy (non-hydrogen) atoms. The first-order chi connectivity index (χ1) is 11.5. The second-order valence-electron chi connectivity index (χ2n) is 5.89. The maximum Gasteiger partial charge on any atom is 0.266 e. The smallest absolute Gasteiger partial charge is 0.266 e. The first kappa shape index (κ1) is 16.7. The van der Waals surface area contributed by atoms with E-state index in [1.54, 1.807) is 22.8 Å². The highest BCUT2D eigenvalue weighted by Gasteiger charge is 2.17. The van der Waals surface area contributed by atoms with Gasteiger partial charge in [0.1, 0.15) is 5.82 Å². The average Bonchev–Trinajstić information content (AvgIpc) is 2.55. The third kappa shape index (κ3) is 3.07. The molecule has 4 nitrogen and oxygen atoms in total. The van der Waals surface area contributed by atoms with E-state index in [1.807, 2.05) is 45.0 Å². The highest BCUT2D eigenvalue weighted by Crippen LogP contribution is 2.20. The van der Waals surface area contributed by atoms with E-state index in [0.717, 1.165) is 17.8 Å². The summed E-state index contributed by atoms with van der Waals surface area (Å²) in [5.74, 6) is 0.681. The molecule has 0 amide bonds. The van der Waals surface area contributed by atoms with Crippen molar-refractivity contribution in [2.24, 2.45) is 0 Å². The number of aromatic nitrogens is 2. The van der Waals surface area contributed by atoms with Gasteiger partial charge < -0.3 is 5.32 Å². The zero-order valence-electron chi connectivity index (χ0n) is 14.0. The predicted molar refractivity (Wildman–Crippen MR) is 99.2 cm³/mol. The molecule has 0 fully saturated rings. The molecule has 0 bridgehead atoms. The molecule has 0 unspecified atom stereocenters. The van der Waals surface area contributed by atoms with Gasteiger partial charge in [0.15, 0.2) is 0 Å². The molecule has 1 heterocycles.